The highest BCUT2D eigenvalue weighted by atomic mass is 16.5. The Balaban J connectivity index is 1.61. The van der Waals surface area contributed by atoms with E-state index in [2.05, 4.69) is 54.5 Å². The maximum Gasteiger partial charge on any atom is 0.312 e. The van der Waals surface area contributed by atoms with E-state index >= 15 is 0 Å². The van der Waals surface area contributed by atoms with Crippen molar-refractivity contribution in [1.29, 1.82) is 0 Å². The summed E-state index contributed by atoms with van der Waals surface area (Å²) in [5.74, 6) is 1.60. The van der Waals surface area contributed by atoms with Gasteiger partial charge in [0.05, 0.1) is 18.6 Å². The van der Waals surface area contributed by atoms with Gasteiger partial charge in [0.25, 0.3) is 0 Å². The predicted octanol–water partition coefficient (Wildman–Crippen LogP) is 7.32. The number of carbonyl (C=O) groups excluding carboxylic acids is 1. The Morgan fingerprint density at radius 1 is 0.912 bits per heavy atom. The lowest BCUT2D eigenvalue weighted by atomic mass is 9.33. The van der Waals surface area contributed by atoms with Gasteiger partial charge in [0.2, 0.25) is 0 Å². The number of hydrogen-bond donors (Lipinski definition) is 1. The van der Waals surface area contributed by atoms with Crippen molar-refractivity contribution in [2.24, 2.45) is 50.2 Å². The lowest BCUT2D eigenvalue weighted by molar-refractivity contribution is -0.201. The average molecular weight is 471 g/mol. The third-order valence-corrected chi connectivity index (χ3v) is 12.9. The Hall–Kier alpha value is -0.830. The number of esters is 1. The van der Waals surface area contributed by atoms with Crippen molar-refractivity contribution >= 4 is 5.97 Å². The van der Waals surface area contributed by atoms with Crippen molar-refractivity contribution in [3.05, 3.63) is 11.6 Å². The van der Waals surface area contributed by atoms with Crippen LogP contribution in [0.15, 0.2) is 11.6 Å². The fraction of sp³-hybridized carbons (Fsp3) is 0.903. The molecule has 1 N–H and O–H groups in total. The van der Waals surface area contributed by atoms with Crippen molar-refractivity contribution < 1.29 is 14.6 Å². The van der Waals surface area contributed by atoms with Crippen LogP contribution >= 0.6 is 0 Å². The Morgan fingerprint density at radius 2 is 1.59 bits per heavy atom. The van der Waals surface area contributed by atoms with Gasteiger partial charge in [-0.2, -0.15) is 0 Å². The van der Waals surface area contributed by atoms with Crippen LogP contribution in [0.1, 0.15) is 113 Å². The van der Waals surface area contributed by atoms with E-state index in [0.29, 0.717) is 17.8 Å². The monoisotopic (exact) mass is 470 g/mol. The second-order valence-electron chi connectivity index (χ2n) is 15.4. The Kier molecular flexibility index (Phi) is 5.38. The van der Waals surface area contributed by atoms with E-state index in [0.717, 1.165) is 51.4 Å². The lowest BCUT2D eigenvalue weighted by Gasteiger charge is -2.71. The number of aliphatic hydroxyl groups excluding tert-OH is 1. The highest BCUT2D eigenvalue weighted by molar-refractivity contribution is 5.78. The number of hydrogen-bond acceptors (Lipinski definition) is 3. The molecule has 0 aromatic heterocycles. The molecule has 0 saturated heterocycles. The molecule has 0 radical (unpaired) electrons. The van der Waals surface area contributed by atoms with Gasteiger partial charge >= 0.3 is 5.97 Å². The Labute approximate surface area is 208 Å². The van der Waals surface area contributed by atoms with Crippen molar-refractivity contribution in [2.75, 3.05) is 7.11 Å². The van der Waals surface area contributed by atoms with Crippen LogP contribution in [0.2, 0.25) is 0 Å². The molecule has 0 aliphatic heterocycles. The Morgan fingerprint density at radius 3 is 2.26 bits per heavy atom. The van der Waals surface area contributed by atoms with Gasteiger partial charge in [-0.1, -0.05) is 60.1 Å². The summed E-state index contributed by atoms with van der Waals surface area (Å²) < 4.78 is 5.49. The molecule has 192 valence electrons. The van der Waals surface area contributed by atoms with Crippen LogP contribution in [0.3, 0.4) is 0 Å². The van der Waals surface area contributed by atoms with E-state index in [1.807, 2.05) is 0 Å². The van der Waals surface area contributed by atoms with Crippen molar-refractivity contribution in [3.8, 4) is 0 Å². The first-order valence-electron chi connectivity index (χ1n) is 14.1. The van der Waals surface area contributed by atoms with Crippen LogP contribution in [0.4, 0.5) is 0 Å². The summed E-state index contributed by atoms with van der Waals surface area (Å²) in [6.07, 6.45) is 13.2. The zero-order chi connectivity index (χ0) is 24.9. The maximum atomic E-state index is 13.3. The third kappa shape index (κ3) is 3.07. The lowest BCUT2D eigenvalue weighted by Crippen LogP contribution is -2.64. The standard InChI is InChI=1S/C31H50O3/c1-26(2)13-15-31(25(33)34-8)16-14-29(6)21(22(31)19-26)9-10-24-28(5)18-20(32)17-27(3,4)23(28)11-12-30(24,29)7/h9,20,22-24,32H,10-19H2,1-8H3/t20-,22+,23+,24-,28+,29-,30-,31+/m1/s1. The van der Waals surface area contributed by atoms with Crippen LogP contribution in [-0.4, -0.2) is 24.3 Å². The molecule has 3 nitrogen and oxygen atoms in total. The van der Waals surface area contributed by atoms with Crippen LogP contribution in [0.25, 0.3) is 0 Å². The predicted molar refractivity (Wildman–Crippen MR) is 137 cm³/mol. The molecule has 0 aromatic rings. The third-order valence-electron chi connectivity index (χ3n) is 12.9. The molecule has 0 unspecified atom stereocenters. The van der Waals surface area contributed by atoms with Gasteiger partial charge in [0, 0.05) is 0 Å². The summed E-state index contributed by atoms with van der Waals surface area (Å²) in [5, 5.41) is 11.0. The summed E-state index contributed by atoms with van der Waals surface area (Å²) in [6, 6.07) is 0. The number of carbonyl (C=O) groups is 1. The largest absolute Gasteiger partial charge is 0.469 e. The van der Waals surface area contributed by atoms with Gasteiger partial charge in [-0.05, 0) is 109 Å². The van der Waals surface area contributed by atoms with E-state index < -0.39 is 0 Å². The molecule has 5 aliphatic carbocycles. The molecule has 0 heterocycles. The molecule has 0 bridgehead atoms. The van der Waals surface area contributed by atoms with Gasteiger partial charge in [-0.3, -0.25) is 4.79 Å². The fourth-order valence-electron chi connectivity index (χ4n) is 11.1. The van der Waals surface area contributed by atoms with E-state index in [1.54, 1.807) is 12.7 Å². The highest BCUT2D eigenvalue weighted by Crippen LogP contribution is 2.75. The van der Waals surface area contributed by atoms with Crippen LogP contribution in [-0.2, 0) is 9.53 Å². The first-order valence-corrected chi connectivity index (χ1v) is 14.1. The number of fused-ring (bicyclic) bond motifs is 7. The van der Waals surface area contributed by atoms with Crippen molar-refractivity contribution in [3.63, 3.8) is 0 Å². The molecule has 0 spiro atoms. The topological polar surface area (TPSA) is 46.5 Å². The minimum Gasteiger partial charge on any atom is -0.469 e. The minimum absolute atomic E-state index is 0.0380. The quantitative estimate of drug-likeness (QED) is 0.322. The zero-order valence-corrected chi connectivity index (χ0v) is 23.2. The number of rotatable bonds is 1. The fourth-order valence-corrected chi connectivity index (χ4v) is 11.1. The van der Waals surface area contributed by atoms with E-state index in [4.69, 9.17) is 4.74 Å². The number of methoxy groups -OCH3 is 1. The van der Waals surface area contributed by atoms with Gasteiger partial charge < -0.3 is 9.84 Å². The van der Waals surface area contributed by atoms with Gasteiger partial charge in [-0.25, -0.2) is 0 Å². The average Bonchev–Trinajstić information content (AvgIpc) is 2.72. The number of allylic oxidation sites excluding steroid dienone is 2. The highest BCUT2D eigenvalue weighted by Gasteiger charge is 2.69. The van der Waals surface area contributed by atoms with Crippen molar-refractivity contribution in [2.45, 2.75) is 119 Å². The molecule has 0 aromatic carbocycles. The molecule has 3 heteroatoms. The molecule has 34 heavy (non-hydrogen) atoms. The number of aliphatic hydroxyl groups is 1. The second-order valence-corrected chi connectivity index (χ2v) is 15.4. The molecular formula is C31H50O3. The molecule has 4 saturated carbocycles. The molecular weight excluding hydrogens is 420 g/mol. The molecule has 5 aliphatic rings. The van der Waals surface area contributed by atoms with Gasteiger partial charge in [0.1, 0.15) is 0 Å². The van der Waals surface area contributed by atoms with Crippen molar-refractivity contribution in [1.82, 2.24) is 0 Å². The summed E-state index contributed by atoms with van der Waals surface area (Å²) in [4.78, 5) is 13.3. The van der Waals surface area contributed by atoms with E-state index in [-0.39, 0.29) is 44.6 Å². The summed E-state index contributed by atoms with van der Waals surface area (Å²) in [7, 11) is 1.59. The molecule has 4 fully saturated rings. The first kappa shape index (κ1) is 24.8. The normalized spacial score (nSPS) is 51.1. The smallest absolute Gasteiger partial charge is 0.312 e. The second kappa shape index (κ2) is 7.36. The SMILES string of the molecule is COC(=O)[C@]12CCC(C)(C)C[C@H]1C1=CC[C@@H]3[C@@]4(C)C[C@H](O)CC(C)(C)[C@@H]4CC[C@@]3(C)[C@]1(C)CC2. The minimum atomic E-state index is -0.330. The summed E-state index contributed by atoms with van der Waals surface area (Å²) >= 11 is 0. The molecule has 0 amide bonds. The number of ether oxygens (including phenoxy) is 1. The van der Waals surface area contributed by atoms with Gasteiger partial charge in [0.15, 0.2) is 0 Å². The van der Waals surface area contributed by atoms with Crippen LogP contribution in [0, 0.1) is 50.2 Å². The van der Waals surface area contributed by atoms with E-state index in [1.165, 1.54) is 12.8 Å². The van der Waals surface area contributed by atoms with Crippen LogP contribution in [0.5, 0.6) is 0 Å². The molecule has 8 atom stereocenters. The summed E-state index contributed by atoms with van der Waals surface area (Å²) in [6.45, 7) is 17.3. The summed E-state index contributed by atoms with van der Waals surface area (Å²) in [5.41, 5.74) is 2.21. The zero-order valence-electron chi connectivity index (χ0n) is 23.2. The van der Waals surface area contributed by atoms with Gasteiger partial charge in [-0.15, -0.1) is 0 Å². The van der Waals surface area contributed by atoms with Crippen LogP contribution < -0.4 is 0 Å². The maximum absolute atomic E-state index is 13.3. The molecule has 5 rings (SSSR count). The van der Waals surface area contributed by atoms with E-state index in [9.17, 15) is 9.90 Å². The first-order chi connectivity index (χ1) is 15.7. The Bertz CT molecular complexity index is 900.